The number of hydrogen-bond donors (Lipinski definition) is 0. The standard InChI is InChI=1S/C4H2Cl3F5S/c5-2(6,7)1-13-4(11,12)3(8,9)10/h1H2. The smallest absolute Gasteiger partial charge is 0.184 e. The van der Waals surface area contributed by atoms with Crippen LogP contribution >= 0.6 is 46.6 Å². The maximum Gasteiger partial charge on any atom is 0.464 e. The summed E-state index contributed by atoms with van der Waals surface area (Å²) in [6.45, 7) is 0. The van der Waals surface area contributed by atoms with Gasteiger partial charge in [0.05, 0.1) is 0 Å². The maximum absolute atomic E-state index is 12.1. The van der Waals surface area contributed by atoms with Crippen molar-refractivity contribution in [1.29, 1.82) is 0 Å². The van der Waals surface area contributed by atoms with Crippen LogP contribution in [-0.2, 0) is 0 Å². The SMILES string of the molecule is FC(F)(F)C(F)(F)SCC(Cl)(Cl)Cl. The van der Waals surface area contributed by atoms with Crippen molar-refractivity contribution in [3.8, 4) is 0 Å². The number of rotatable bonds is 2. The Labute approximate surface area is 89.7 Å². The lowest BCUT2D eigenvalue weighted by molar-refractivity contribution is -0.237. The second kappa shape index (κ2) is 4.16. The molecule has 0 fully saturated rings. The molecule has 9 heteroatoms. The lowest BCUT2D eigenvalue weighted by atomic mass is 10.7. The van der Waals surface area contributed by atoms with Gasteiger partial charge in [0, 0.05) is 5.75 Å². The fourth-order valence-corrected chi connectivity index (χ4v) is 1.25. The highest BCUT2D eigenvalue weighted by Gasteiger charge is 2.58. The van der Waals surface area contributed by atoms with Gasteiger partial charge in [-0.25, -0.2) is 0 Å². The molecule has 0 aliphatic carbocycles. The molecule has 0 saturated carbocycles. The third-order valence-corrected chi connectivity index (χ3v) is 2.79. The summed E-state index contributed by atoms with van der Waals surface area (Å²) in [4.78, 5) is 0. The summed E-state index contributed by atoms with van der Waals surface area (Å²) in [7, 11) is 0. The van der Waals surface area contributed by atoms with E-state index in [4.69, 9.17) is 34.8 Å². The molecule has 0 radical (unpaired) electrons. The minimum Gasteiger partial charge on any atom is -0.184 e. The van der Waals surface area contributed by atoms with Crippen molar-refractivity contribution in [3.63, 3.8) is 0 Å². The molecule has 0 rings (SSSR count). The Morgan fingerprint density at radius 2 is 1.31 bits per heavy atom. The minimum absolute atomic E-state index is 0.762. The van der Waals surface area contributed by atoms with E-state index in [1.807, 2.05) is 0 Å². The molecular weight excluding hydrogens is 281 g/mol. The average Bonchev–Trinajstić information content (AvgIpc) is 1.79. The van der Waals surface area contributed by atoms with Crippen molar-refractivity contribution < 1.29 is 22.0 Å². The van der Waals surface area contributed by atoms with Crippen LogP contribution in [-0.4, -0.2) is 21.0 Å². The highest BCUT2D eigenvalue weighted by molar-refractivity contribution is 8.00. The molecular formula is C4H2Cl3F5S. The molecule has 0 unspecified atom stereocenters. The summed E-state index contributed by atoms with van der Waals surface area (Å²) in [5.74, 6) is -0.940. The summed E-state index contributed by atoms with van der Waals surface area (Å²) < 4.78 is 56.6. The van der Waals surface area contributed by atoms with Gasteiger partial charge in [-0.1, -0.05) is 46.6 Å². The molecule has 13 heavy (non-hydrogen) atoms. The summed E-state index contributed by atoms with van der Waals surface area (Å²) in [5.41, 5.74) is 0. The van der Waals surface area contributed by atoms with Crippen molar-refractivity contribution in [2.45, 2.75) is 15.2 Å². The first kappa shape index (κ1) is 13.9. The number of halogens is 8. The molecule has 0 aliphatic rings. The van der Waals surface area contributed by atoms with Crippen LogP contribution in [0.5, 0.6) is 0 Å². The first-order valence-corrected chi connectivity index (χ1v) is 4.73. The van der Waals surface area contributed by atoms with E-state index in [0.717, 1.165) is 0 Å². The van der Waals surface area contributed by atoms with E-state index in [1.165, 1.54) is 0 Å². The van der Waals surface area contributed by atoms with Gasteiger partial charge < -0.3 is 0 Å². The predicted octanol–water partition coefficient (Wildman–Crippen LogP) is 4.24. The highest BCUT2D eigenvalue weighted by Crippen LogP contribution is 2.46. The van der Waals surface area contributed by atoms with E-state index in [9.17, 15) is 22.0 Å². The van der Waals surface area contributed by atoms with Crippen LogP contribution in [0.3, 0.4) is 0 Å². The first-order valence-electron chi connectivity index (χ1n) is 2.61. The van der Waals surface area contributed by atoms with E-state index in [0.29, 0.717) is 0 Å². The van der Waals surface area contributed by atoms with Crippen molar-refractivity contribution in [2.75, 3.05) is 5.75 Å². The molecule has 0 saturated heterocycles. The van der Waals surface area contributed by atoms with Crippen molar-refractivity contribution in [3.05, 3.63) is 0 Å². The quantitative estimate of drug-likeness (QED) is 0.539. The van der Waals surface area contributed by atoms with Crippen LogP contribution in [0.25, 0.3) is 0 Å². The van der Waals surface area contributed by atoms with Crippen molar-refractivity contribution in [1.82, 2.24) is 0 Å². The molecule has 0 bridgehead atoms. The summed E-state index contributed by atoms with van der Waals surface area (Å²) in [6.07, 6.45) is -5.63. The van der Waals surface area contributed by atoms with Crippen LogP contribution in [0, 0.1) is 0 Å². The molecule has 0 aromatic heterocycles. The topological polar surface area (TPSA) is 0 Å². The Morgan fingerprint density at radius 1 is 0.923 bits per heavy atom. The van der Waals surface area contributed by atoms with E-state index in [-0.39, 0.29) is 0 Å². The largest absolute Gasteiger partial charge is 0.464 e. The lowest BCUT2D eigenvalue weighted by Crippen LogP contribution is -2.34. The molecule has 0 aromatic rings. The molecule has 80 valence electrons. The first-order chi connectivity index (χ1) is 5.46. The van der Waals surface area contributed by atoms with Gasteiger partial charge in [0.2, 0.25) is 0 Å². The van der Waals surface area contributed by atoms with Crippen LogP contribution < -0.4 is 0 Å². The van der Waals surface area contributed by atoms with Crippen LogP contribution in [0.1, 0.15) is 0 Å². The highest BCUT2D eigenvalue weighted by atomic mass is 35.6. The van der Waals surface area contributed by atoms with Gasteiger partial charge >= 0.3 is 11.4 Å². The van der Waals surface area contributed by atoms with E-state index < -0.39 is 32.7 Å². The average molecular weight is 283 g/mol. The van der Waals surface area contributed by atoms with Gasteiger partial charge in [0.25, 0.3) is 0 Å². The number of hydrogen-bond acceptors (Lipinski definition) is 1. The van der Waals surface area contributed by atoms with Crippen LogP contribution in [0.2, 0.25) is 0 Å². The summed E-state index contributed by atoms with van der Waals surface area (Å²) in [5, 5.41) is -4.89. The van der Waals surface area contributed by atoms with Gasteiger partial charge in [0.1, 0.15) is 0 Å². The van der Waals surface area contributed by atoms with Gasteiger partial charge in [-0.15, -0.1) is 0 Å². The molecule has 0 atom stereocenters. The Hall–Kier alpha value is 0.870. The summed E-state index contributed by atoms with van der Waals surface area (Å²) >= 11 is 14.2. The van der Waals surface area contributed by atoms with Crippen molar-refractivity contribution >= 4 is 46.6 Å². The molecule has 0 aliphatic heterocycles. The number of thioether (sulfide) groups is 1. The van der Waals surface area contributed by atoms with E-state index in [2.05, 4.69) is 0 Å². The zero-order valence-corrected chi connectivity index (χ0v) is 8.72. The molecule has 0 N–H and O–H groups in total. The molecule has 0 heterocycles. The normalized spacial score (nSPS) is 14.8. The second-order valence-corrected chi connectivity index (χ2v) is 5.52. The maximum atomic E-state index is 12.1. The zero-order chi connectivity index (χ0) is 10.9. The Bertz CT molecular complexity index is 174. The molecule has 0 spiro atoms. The van der Waals surface area contributed by atoms with Gasteiger partial charge in [-0.05, 0) is 0 Å². The number of alkyl halides is 8. The van der Waals surface area contributed by atoms with Crippen molar-refractivity contribution in [2.24, 2.45) is 0 Å². The molecule has 0 amide bonds. The monoisotopic (exact) mass is 282 g/mol. The Morgan fingerprint density at radius 3 is 1.54 bits per heavy atom. The third-order valence-electron chi connectivity index (χ3n) is 0.747. The van der Waals surface area contributed by atoms with E-state index in [1.54, 1.807) is 0 Å². The van der Waals surface area contributed by atoms with Crippen LogP contribution in [0.15, 0.2) is 0 Å². The van der Waals surface area contributed by atoms with Gasteiger partial charge in [-0.3, -0.25) is 0 Å². The second-order valence-electron chi connectivity index (χ2n) is 1.92. The molecule has 0 aromatic carbocycles. The van der Waals surface area contributed by atoms with E-state index >= 15 is 0 Å². The Kier molecular flexibility index (Phi) is 4.44. The van der Waals surface area contributed by atoms with Crippen LogP contribution in [0.4, 0.5) is 22.0 Å². The Balaban J connectivity index is 4.21. The van der Waals surface area contributed by atoms with Gasteiger partial charge in [-0.2, -0.15) is 22.0 Å². The fourth-order valence-electron chi connectivity index (χ4n) is 0.254. The summed E-state index contributed by atoms with van der Waals surface area (Å²) in [6, 6.07) is 0. The zero-order valence-electron chi connectivity index (χ0n) is 5.64. The third kappa shape index (κ3) is 5.34. The lowest BCUT2D eigenvalue weighted by Gasteiger charge is -2.20. The molecule has 0 nitrogen and oxygen atoms in total. The minimum atomic E-state index is -5.63. The predicted molar refractivity (Wildman–Crippen MR) is 43.8 cm³/mol. The fraction of sp³-hybridized carbons (Fsp3) is 1.00. The van der Waals surface area contributed by atoms with Gasteiger partial charge in [0.15, 0.2) is 3.79 Å².